The van der Waals surface area contributed by atoms with Gasteiger partial charge in [-0.1, -0.05) is 24.3 Å². The van der Waals surface area contributed by atoms with Crippen molar-refractivity contribution in [1.82, 2.24) is 14.7 Å². The molecule has 1 amide bonds. The monoisotopic (exact) mass is 541 g/mol. The summed E-state index contributed by atoms with van der Waals surface area (Å²) in [4.78, 5) is 28.2. The van der Waals surface area contributed by atoms with E-state index in [1.807, 2.05) is 0 Å². The Labute approximate surface area is 223 Å². The van der Waals surface area contributed by atoms with E-state index >= 15 is 0 Å². The summed E-state index contributed by atoms with van der Waals surface area (Å²) in [5.74, 6) is -2.26. The molecule has 1 fully saturated rings. The summed E-state index contributed by atoms with van der Waals surface area (Å²) in [7, 11) is 0. The summed E-state index contributed by atoms with van der Waals surface area (Å²) in [6.45, 7) is 1.69. The van der Waals surface area contributed by atoms with Crippen LogP contribution in [0.2, 0.25) is 0 Å². The minimum Gasteiger partial charge on any atom is -0.461 e. The number of carbonyl (C=O) groups excluding carboxylic acids is 1. The van der Waals surface area contributed by atoms with Crippen molar-refractivity contribution in [3.05, 3.63) is 93.4 Å². The number of amides is 1. The third-order valence-electron chi connectivity index (χ3n) is 6.97. The molecule has 2 aromatic carbocycles. The van der Waals surface area contributed by atoms with Crippen LogP contribution in [0.1, 0.15) is 60.3 Å². The fraction of sp³-hybridized carbons (Fsp3) is 0.393. The SMILES string of the molecule is CC(C)OC(O)OCOc1c2n(ncc1=O)[C@@H](C(c1cccc(F)c1)c1cccc(F)c1)[C@H]1CCCN1C2=O. The van der Waals surface area contributed by atoms with Crippen LogP contribution in [0.5, 0.6) is 5.75 Å². The molecule has 0 aliphatic carbocycles. The molecule has 1 saturated heterocycles. The van der Waals surface area contributed by atoms with Gasteiger partial charge >= 0.3 is 0 Å². The van der Waals surface area contributed by atoms with Gasteiger partial charge in [-0.2, -0.15) is 5.10 Å². The number of hydrogen-bond acceptors (Lipinski definition) is 7. The van der Waals surface area contributed by atoms with Crippen molar-refractivity contribution in [1.29, 1.82) is 0 Å². The van der Waals surface area contributed by atoms with E-state index in [2.05, 4.69) is 5.10 Å². The summed E-state index contributed by atoms with van der Waals surface area (Å²) in [5.41, 5.74) is 0.393. The summed E-state index contributed by atoms with van der Waals surface area (Å²) in [6.07, 6.45) is 2.07. The molecule has 0 spiro atoms. The van der Waals surface area contributed by atoms with Crippen LogP contribution in [0.3, 0.4) is 0 Å². The number of aliphatic hydroxyl groups excluding tert-OH is 1. The minimum absolute atomic E-state index is 0.0914. The molecule has 1 aromatic heterocycles. The highest BCUT2D eigenvalue weighted by atomic mass is 19.1. The van der Waals surface area contributed by atoms with Crippen LogP contribution in [0.25, 0.3) is 0 Å². The number of benzene rings is 2. The fourth-order valence-electron chi connectivity index (χ4n) is 5.48. The minimum atomic E-state index is -1.60. The molecule has 9 nitrogen and oxygen atoms in total. The quantitative estimate of drug-likeness (QED) is 0.413. The first-order valence-electron chi connectivity index (χ1n) is 12.8. The molecule has 2 aliphatic rings. The van der Waals surface area contributed by atoms with E-state index in [0.717, 1.165) is 6.20 Å². The van der Waals surface area contributed by atoms with Gasteiger partial charge in [0.1, 0.15) is 11.6 Å². The summed E-state index contributed by atoms with van der Waals surface area (Å²) < 4.78 is 46.1. The van der Waals surface area contributed by atoms with Gasteiger partial charge in [-0.25, -0.2) is 8.78 Å². The Balaban J connectivity index is 1.62. The van der Waals surface area contributed by atoms with Crippen molar-refractivity contribution in [2.45, 2.75) is 57.3 Å². The van der Waals surface area contributed by atoms with Gasteiger partial charge in [-0.3, -0.25) is 19.0 Å². The number of ether oxygens (including phenoxy) is 3. The standard InChI is InChI=1S/C28H29F2N3O6/c1-16(2)39-28(36)38-15-37-26-22(34)14-31-33-24(21-10-5-11-32(21)27(35)25(26)33)23(17-6-3-8-19(29)12-17)18-7-4-9-20(30)13-18/h3-4,6-9,12-14,16,21,23-24,28,36H,5,10-11,15H2,1-2H3/t21-,24-,28?/m1/s1. The van der Waals surface area contributed by atoms with Gasteiger partial charge in [0.15, 0.2) is 12.5 Å². The number of fused-ring (bicyclic) bond motifs is 2. The number of nitrogens with zero attached hydrogens (tertiary/aromatic N) is 3. The summed E-state index contributed by atoms with van der Waals surface area (Å²) >= 11 is 0. The number of rotatable bonds is 9. The predicted molar refractivity (Wildman–Crippen MR) is 135 cm³/mol. The third-order valence-corrected chi connectivity index (χ3v) is 6.97. The number of halogens is 2. The van der Waals surface area contributed by atoms with Crippen molar-refractivity contribution < 1.29 is 32.9 Å². The Hall–Kier alpha value is -3.67. The van der Waals surface area contributed by atoms with E-state index in [-0.39, 0.29) is 23.6 Å². The highest BCUT2D eigenvalue weighted by molar-refractivity contribution is 5.96. The van der Waals surface area contributed by atoms with Gasteiger partial charge in [0, 0.05) is 12.5 Å². The summed E-state index contributed by atoms with van der Waals surface area (Å²) in [6, 6.07) is 11.1. The van der Waals surface area contributed by atoms with E-state index in [1.54, 1.807) is 43.0 Å². The maximum absolute atomic E-state index is 14.4. The van der Waals surface area contributed by atoms with Crippen LogP contribution >= 0.6 is 0 Å². The molecule has 3 aromatic rings. The highest BCUT2D eigenvalue weighted by Gasteiger charge is 2.48. The number of hydrogen-bond donors (Lipinski definition) is 1. The lowest BCUT2D eigenvalue weighted by Crippen LogP contribution is -2.51. The molecule has 3 atom stereocenters. The van der Waals surface area contributed by atoms with Crippen molar-refractivity contribution in [2.24, 2.45) is 0 Å². The van der Waals surface area contributed by atoms with E-state index in [0.29, 0.717) is 30.5 Å². The molecular weight excluding hydrogens is 512 g/mol. The maximum atomic E-state index is 14.4. The van der Waals surface area contributed by atoms with Crippen LogP contribution in [0, 0.1) is 11.6 Å². The second kappa shape index (κ2) is 11.2. The molecule has 11 heteroatoms. The average molecular weight is 542 g/mol. The van der Waals surface area contributed by atoms with Gasteiger partial charge in [-0.15, -0.1) is 0 Å². The van der Waals surface area contributed by atoms with Crippen molar-refractivity contribution in [3.63, 3.8) is 0 Å². The Kier molecular flexibility index (Phi) is 7.74. The van der Waals surface area contributed by atoms with E-state index in [4.69, 9.17) is 14.2 Å². The topological polar surface area (TPSA) is 103 Å². The molecule has 1 N–H and O–H groups in total. The Morgan fingerprint density at radius 3 is 2.36 bits per heavy atom. The first kappa shape index (κ1) is 26.9. The van der Waals surface area contributed by atoms with Crippen LogP contribution in [-0.4, -0.2) is 57.7 Å². The first-order valence-corrected chi connectivity index (χ1v) is 12.8. The zero-order chi connectivity index (χ0) is 27.7. The summed E-state index contributed by atoms with van der Waals surface area (Å²) in [5, 5.41) is 14.2. The molecule has 0 bridgehead atoms. The highest BCUT2D eigenvalue weighted by Crippen LogP contribution is 2.46. The van der Waals surface area contributed by atoms with Gasteiger partial charge in [0.2, 0.25) is 11.2 Å². The van der Waals surface area contributed by atoms with E-state index in [9.17, 15) is 23.5 Å². The van der Waals surface area contributed by atoms with Crippen molar-refractivity contribution in [3.8, 4) is 5.75 Å². The van der Waals surface area contributed by atoms with Crippen LogP contribution in [0.15, 0.2) is 59.5 Å². The smallest absolute Gasteiger partial charge is 0.276 e. The van der Waals surface area contributed by atoms with Gasteiger partial charge in [0.25, 0.3) is 12.4 Å². The van der Waals surface area contributed by atoms with E-state index < -0.39 is 48.2 Å². The molecule has 2 aliphatic heterocycles. The third kappa shape index (κ3) is 5.42. The van der Waals surface area contributed by atoms with Gasteiger partial charge in [-0.05, 0) is 62.1 Å². The lowest BCUT2D eigenvalue weighted by molar-refractivity contribution is -0.293. The first-order chi connectivity index (χ1) is 18.7. The van der Waals surface area contributed by atoms with E-state index in [1.165, 1.54) is 28.9 Å². The lowest BCUT2D eigenvalue weighted by atomic mass is 9.80. The van der Waals surface area contributed by atoms with Gasteiger partial charge in [0.05, 0.1) is 24.4 Å². The molecule has 0 saturated carbocycles. The molecular formula is C28H29F2N3O6. The zero-order valence-corrected chi connectivity index (χ0v) is 21.5. The number of aromatic nitrogens is 2. The average Bonchev–Trinajstić information content (AvgIpc) is 3.37. The second-order valence-electron chi connectivity index (χ2n) is 9.84. The van der Waals surface area contributed by atoms with Crippen LogP contribution in [-0.2, 0) is 9.47 Å². The fourth-order valence-corrected chi connectivity index (χ4v) is 5.48. The number of carbonyl (C=O) groups is 1. The van der Waals surface area contributed by atoms with Crippen molar-refractivity contribution >= 4 is 5.91 Å². The Morgan fingerprint density at radius 2 is 1.74 bits per heavy atom. The lowest BCUT2D eigenvalue weighted by Gasteiger charge is -2.42. The normalized spacial score (nSPS) is 19.4. The van der Waals surface area contributed by atoms with Gasteiger partial charge < -0.3 is 19.5 Å². The second-order valence-corrected chi connectivity index (χ2v) is 9.84. The molecule has 0 radical (unpaired) electrons. The molecule has 1 unspecified atom stereocenters. The van der Waals surface area contributed by atoms with Crippen LogP contribution < -0.4 is 10.2 Å². The zero-order valence-electron chi connectivity index (χ0n) is 21.5. The largest absolute Gasteiger partial charge is 0.461 e. The Bertz CT molecular complexity index is 1370. The van der Waals surface area contributed by atoms with Crippen LogP contribution in [0.4, 0.5) is 8.78 Å². The molecule has 39 heavy (non-hydrogen) atoms. The Morgan fingerprint density at radius 1 is 1.08 bits per heavy atom. The molecule has 206 valence electrons. The maximum Gasteiger partial charge on any atom is 0.276 e. The molecule has 5 rings (SSSR count). The van der Waals surface area contributed by atoms with Crippen molar-refractivity contribution in [2.75, 3.05) is 13.3 Å². The molecule has 3 heterocycles. The number of aliphatic hydroxyl groups is 1. The predicted octanol–water partition coefficient (Wildman–Crippen LogP) is 3.57.